The highest BCUT2D eigenvalue weighted by atomic mass is 32.2. The molecule has 0 atom stereocenters. The average Bonchev–Trinajstić information content (AvgIpc) is 2.38. The van der Waals surface area contributed by atoms with Gasteiger partial charge >= 0.3 is 6.18 Å². The van der Waals surface area contributed by atoms with Crippen molar-refractivity contribution >= 4 is 17.4 Å². The third kappa shape index (κ3) is 3.57. The number of benzene rings is 1. The quantitative estimate of drug-likeness (QED) is 0.896. The Kier molecular flexibility index (Phi) is 4.25. The number of thioether (sulfide) groups is 1. The predicted molar refractivity (Wildman–Crippen MR) is 70.1 cm³/mol. The fraction of sp³-hybridized carbons (Fsp3) is 0.462. The summed E-state index contributed by atoms with van der Waals surface area (Å²) in [5.74, 6) is 2.12. The van der Waals surface area contributed by atoms with Crippen LogP contribution < -0.4 is 5.32 Å². The highest BCUT2D eigenvalue weighted by Gasteiger charge is 2.33. The summed E-state index contributed by atoms with van der Waals surface area (Å²) >= 11 is 1.88. The van der Waals surface area contributed by atoms with Crippen molar-refractivity contribution in [1.29, 1.82) is 5.26 Å². The summed E-state index contributed by atoms with van der Waals surface area (Å²) in [5.41, 5.74) is -0.621. The molecule has 0 radical (unpaired) electrons. The number of nitrogens with one attached hydrogen (secondary N) is 1. The van der Waals surface area contributed by atoms with Gasteiger partial charge in [-0.15, -0.1) is 0 Å². The lowest BCUT2D eigenvalue weighted by Crippen LogP contribution is -2.24. The van der Waals surface area contributed by atoms with Crippen molar-refractivity contribution in [2.75, 3.05) is 16.8 Å². The number of rotatable bonds is 2. The van der Waals surface area contributed by atoms with Gasteiger partial charge in [0.1, 0.15) is 0 Å². The lowest BCUT2D eigenvalue weighted by Gasteiger charge is -2.24. The molecule has 0 bridgehead atoms. The monoisotopic (exact) mass is 286 g/mol. The molecule has 1 aliphatic heterocycles. The van der Waals surface area contributed by atoms with Gasteiger partial charge < -0.3 is 5.32 Å². The third-order valence-electron chi connectivity index (χ3n) is 3.04. The summed E-state index contributed by atoms with van der Waals surface area (Å²) in [6.07, 6.45) is -2.49. The SMILES string of the molecule is N#Cc1cc(NC2CCSCC2)ccc1C(F)(F)F. The number of nitrogens with zero attached hydrogens (tertiary/aromatic N) is 1. The predicted octanol–water partition coefficient (Wildman–Crippen LogP) is 3.88. The third-order valence-corrected chi connectivity index (χ3v) is 4.09. The molecule has 1 aromatic carbocycles. The molecule has 0 saturated carbocycles. The average molecular weight is 286 g/mol. The minimum Gasteiger partial charge on any atom is -0.382 e. The van der Waals surface area contributed by atoms with Crippen LogP contribution in [-0.4, -0.2) is 17.5 Å². The molecule has 0 aromatic heterocycles. The van der Waals surface area contributed by atoms with Crippen LogP contribution in [0.5, 0.6) is 0 Å². The Bertz CT molecular complexity index is 488. The molecule has 102 valence electrons. The van der Waals surface area contributed by atoms with Gasteiger partial charge in [-0.2, -0.15) is 30.2 Å². The van der Waals surface area contributed by atoms with E-state index in [1.165, 1.54) is 12.1 Å². The van der Waals surface area contributed by atoms with Crippen molar-refractivity contribution in [1.82, 2.24) is 0 Å². The van der Waals surface area contributed by atoms with Crippen LogP contribution in [0.15, 0.2) is 18.2 Å². The second-order valence-corrected chi connectivity index (χ2v) is 5.63. The standard InChI is InChI=1S/C13H13F3N2S/c14-13(15,16)12-2-1-11(7-9(12)8-17)18-10-3-5-19-6-4-10/h1-2,7,10,18H,3-6H2. The first-order valence-electron chi connectivity index (χ1n) is 5.96. The number of halogens is 3. The molecule has 2 nitrogen and oxygen atoms in total. The van der Waals surface area contributed by atoms with E-state index in [2.05, 4.69) is 5.32 Å². The summed E-state index contributed by atoms with van der Waals surface area (Å²) in [7, 11) is 0. The van der Waals surface area contributed by atoms with Gasteiger partial charge in [0.05, 0.1) is 17.2 Å². The summed E-state index contributed by atoms with van der Waals surface area (Å²) in [4.78, 5) is 0. The Morgan fingerprint density at radius 2 is 1.95 bits per heavy atom. The van der Waals surface area contributed by atoms with E-state index in [-0.39, 0.29) is 11.6 Å². The van der Waals surface area contributed by atoms with Crippen molar-refractivity contribution in [3.05, 3.63) is 29.3 Å². The minimum absolute atomic E-state index is 0.282. The molecule has 0 amide bonds. The lowest BCUT2D eigenvalue weighted by atomic mass is 10.1. The summed E-state index contributed by atoms with van der Waals surface area (Å²) < 4.78 is 38.0. The molecule has 1 saturated heterocycles. The zero-order valence-electron chi connectivity index (χ0n) is 10.1. The number of hydrogen-bond acceptors (Lipinski definition) is 3. The highest BCUT2D eigenvalue weighted by molar-refractivity contribution is 7.99. The number of hydrogen-bond donors (Lipinski definition) is 1. The lowest BCUT2D eigenvalue weighted by molar-refractivity contribution is -0.137. The van der Waals surface area contributed by atoms with E-state index in [1.54, 1.807) is 6.07 Å². The Morgan fingerprint density at radius 3 is 2.53 bits per heavy atom. The van der Waals surface area contributed by atoms with E-state index >= 15 is 0 Å². The van der Waals surface area contributed by atoms with Gasteiger partial charge in [-0.25, -0.2) is 0 Å². The molecule has 1 N–H and O–H groups in total. The second-order valence-electron chi connectivity index (χ2n) is 4.40. The van der Waals surface area contributed by atoms with Crippen LogP contribution in [0, 0.1) is 11.3 Å². The van der Waals surface area contributed by atoms with Crippen LogP contribution in [0.25, 0.3) is 0 Å². The van der Waals surface area contributed by atoms with E-state index in [4.69, 9.17) is 5.26 Å². The first-order valence-corrected chi connectivity index (χ1v) is 7.12. The van der Waals surface area contributed by atoms with E-state index in [0.29, 0.717) is 5.69 Å². The molecule has 0 aliphatic carbocycles. The highest BCUT2D eigenvalue weighted by Crippen LogP contribution is 2.33. The molecular weight excluding hydrogens is 273 g/mol. The van der Waals surface area contributed by atoms with Crippen molar-refractivity contribution in [2.24, 2.45) is 0 Å². The minimum atomic E-state index is -4.48. The zero-order chi connectivity index (χ0) is 13.9. The van der Waals surface area contributed by atoms with Crippen LogP contribution in [0.1, 0.15) is 24.0 Å². The largest absolute Gasteiger partial charge is 0.417 e. The molecule has 1 aromatic rings. The van der Waals surface area contributed by atoms with E-state index in [0.717, 1.165) is 30.4 Å². The smallest absolute Gasteiger partial charge is 0.382 e. The molecular formula is C13H13F3N2S. The van der Waals surface area contributed by atoms with Gasteiger partial charge in [-0.1, -0.05) is 0 Å². The molecule has 1 heterocycles. The van der Waals surface area contributed by atoms with Gasteiger partial charge in [-0.05, 0) is 42.5 Å². The number of nitriles is 1. The van der Waals surface area contributed by atoms with Gasteiger partial charge in [0, 0.05) is 11.7 Å². The fourth-order valence-electron chi connectivity index (χ4n) is 2.05. The Balaban J connectivity index is 2.17. The Morgan fingerprint density at radius 1 is 1.26 bits per heavy atom. The summed E-state index contributed by atoms with van der Waals surface area (Å²) in [6, 6.07) is 5.54. The Labute approximate surface area is 114 Å². The normalized spacial score (nSPS) is 16.9. The van der Waals surface area contributed by atoms with Crippen LogP contribution in [-0.2, 0) is 6.18 Å². The van der Waals surface area contributed by atoms with Crippen molar-refractivity contribution in [2.45, 2.75) is 25.1 Å². The maximum atomic E-state index is 12.7. The molecule has 1 aliphatic rings. The maximum Gasteiger partial charge on any atom is 0.417 e. The topological polar surface area (TPSA) is 35.8 Å². The molecule has 1 fully saturated rings. The van der Waals surface area contributed by atoms with Crippen LogP contribution >= 0.6 is 11.8 Å². The van der Waals surface area contributed by atoms with Crippen LogP contribution in [0.2, 0.25) is 0 Å². The first kappa shape index (κ1) is 14.1. The van der Waals surface area contributed by atoms with Gasteiger partial charge in [0.25, 0.3) is 0 Å². The number of anilines is 1. The van der Waals surface area contributed by atoms with Crippen molar-refractivity contribution in [3.8, 4) is 6.07 Å². The molecule has 19 heavy (non-hydrogen) atoms. The molecule has 0 spiro atoms. The molecule has 6 heteroatoms. The number of alkyl halides is 3. The van der Waals surface area contributed by atoms with Crippen molar-refractivity contribution < 1.29 is 13.2 Å². The molecule has 0 unspecified atom stereocenters. The van der Waals surface area contributed by atoms with Crippen LogP contribution in [0.4, 0.5) is 18.9 Å². The second kappa shape index (κ2) is 5.74. The van der Waals surface area contributed by atoms with Crippen LogP contribution in [0.3, 0.4) is 0 Å². The first-order chi connectivity index (χ1) is 9.00. The Hall–Kier alpha value is -1.35. The van der Waals surface area contributed by atoms with E-state index in [9.17, 15) is 13.2 Å². The van der Waals surface area contributed by atoms with Gasteiger partial charge in [-0.3, -0.25) is 0 Å². The van der Waals surface area contributed by atoms with Gasteiger partial charge in [0.2, 0.25) is 0 Å². The zero-order valence-corrected chi connectivity index (χ0v) is 10.9. The van der Waals surface area contributed by atoms with Gasteiger partial charge in [0.15, 0.2) is 0 Å². The van der Waals surface area contributed by atoms with Crippen molar-refractivity contribution in [3.63, 3.8) is 0 Å². The van der Waals surface area contributed by atoms with E-state index < -0.39 is 11.7 Å². The fourth-order valence-corrected chi connectivity index (χ4v) is 3.16. The van der Waals surface area contributed by atoms with E-state index in [1.807, 2.05) is 11.8 Å². The summed E-state index contributed by atoms with van der Waals surface area (Å²) in [6.45, 7) is 0. The molecule has 2 rings (SSSR count). The summed E-state index contributed by atoms with van der Waals surface area (Å²) in [5, 5.41) is 12.0. The maximum absolute atomic E-state index is 12.7.